The van der Waals surface area contributed by atoms with Gasteiger partial charge < -0.3 is 29.6 Å². The second-order valence-electron chi connectivity index (χ2n) is 10.3. The van der Waals surface area contributed by atoms with Crippen LogP contribution in [0.4, 0.5) is 0 Å². The van der Waals surface area contributed by atoms with Crippen LogP contribution in [-0.2, 0) is 27.4 Å². The quantitative estimate of drug-likeness (QED) is 0.0592. The minimum absolute atomic E-state index is 0.219. The standard InChI is InChI=1S/C35H37ClN4O6S/c1-5-10-25-17-24(18-29(43-6-2)33(25)46-20-23-13-15-26(36)16-14-23)19-37-40-30(41)21-45-28-12-9-8-11-27(28)32-31(34(42)44-7-3)22(4)38-35(47)39-32/h5,8-9,11-19,32H,1,6-7,10,20-21H2,2-4H3,(H,40,41)(H2,38,39,47)/t32-/m1/s1. The number of carbonyl (C=O) groups is 2. The van der Waals surface area contributed by atoms with Crippen molar-refractivity contribution in [3.8, 4) is 17.2 Å². The van der Waals surface area contributed by atoms with Crippen LogP contribution < -0.4 is 30.3 Å². The second-order valence-corrected chi connectivity index (χ2v) is 11.1. The Morgan fingerprint density at radius 2 is 1.81 bits per heavy atom. The van der Waals surface area contributed by atoms with E-state index in [0.29, 0.717) is 69.4 Å². The molecule has 0 unspecified atom stereocenters. The van der Waals surface area contributed by atoms with E-state index in [1.165, 1.54) is 6.21 Å². The summed E-state index contributed by atoms with van der Waals surface area (Å²) >= 11 is 11.4. The number of nitrogens with one attached hydrogen (secondary N) is 3. The van der Waals surface area contributed by atoms with Crippen molar-refractivity contribution in [3.63, 3.8) is 0 Å². The number of hydrazone groups is 1. The van der Waals surface area contributed by atoms with E-state index in [9.17, 15) is 9.59 Å². The molecular formula is C35H37ClN4O6S. The van der Waals surface area contributed by atoms with E-state index in [-0.39, 0.29) is 13.2 Å². The molecule has 0 fully saturated rings. The molecule has 0 bridgehead atoms. The van der Waals surface area contributed by atoms with E-state index in [2.05, 4.69) is 27.7 Å². The Balaban J connectivity index is 1.45. The fraction of sp³-hybridized carbons (Fsp3) is 0.257. The summed E-state index contributed by atoms with van der Waals surface area (Å²) in [4.78, 5) is 25.5. The van der Waals surface area contributed by atoms with Crippen LogP contribution in [0.2, 0.25) is 5.02 Å². The van der Waals surface area contributed by atoms with Gasteiger partial charge in [-0.1, -0.05) is 48.0 Å². The summed E-state index contributed by atoms with van der Waals surface area (Å²) in [7, 11) is 0. The van der Waals surface area contributed by atoms with Gasteiger partial charge in [0.2, 0.25) is 0 Å². The summed E-state index contributed by atoms with van der Waals surface area (Å²) in [6.07, 6.45) is 3.82. The van der Waals surface area contributed by atoms with Gasteiger partial charge in [-0.05, 0) is 80.9 Å². The minimum Gasteiger partial charge on any atom is -0.490 e. The molecule has 0 aromatic heterocycles. The Kier molecular flexibility index (Phi) is 12.8. The molecule has 12 heteroatoms. The third kappa shape index (κ3) is 9.57. The molecule has 246 valence electrons. The first-order valence-electron chi connectivity index (χ1n) is 15.0. The average molecular weight is 677 g/mol. The summed E-state index contributed by atoms with van der Waals surface area (Å²) in [5.74, 6) is 0.583. The van der Waals surface area contributed by atoms with E-state index in [1.807, 2.05) is 43.3 Å². The number of halogens is 1. The highest BCUT2D eigenvalue weighted by Crippen LogP contribution is 2.35. The normalized spacial score (nSPS) is 14.2. The summed E-state index contributed by atoms with van der Waals surface area (Å²) in [6.45, 7) is 9.89. The first-order valence-corrected chi connectivity index (χ1v) is 15.8. The van der Waals surface area contributed by atoms with Crippen molar-refractivity contribution in [2.45, 2.75) is 39.8 Å². The maximum absolute atomic E-state index is 12.8. The molecule has 0 saturated heterocycles. The molecule has 1 heterocycles. The Bertz CT molecular complexity index is 1670. The number of rotatable bonds is 15. The third-order valence-corrected chi connectivity index (χ3v) is 7.34. The molecule has 10 nitrogen and oxygen atoms in total. The molecule has 0 radical (unpaired) electrons. The highest BCUT2D eigenvalue weighted by Gasteiger charge is 2.32. The lowest BCUT2D eigenvalue weighted by Crippen LogP contribution is -2.45. The fourth-order valence-electron chi connectivity index (χ4n) is 4.84. The average Bonchev–Trinajstić information content (AvgIpc) is 3.04. The molecule has 1 amide bonds. The molecule has 1 atom stereocenters. The van der Waals surface area contributed by atoms with Crippen LogP contribution in [0, 0.1) is 0 Å². The number of thiocarbonyl (C=S) groups is 1. The van der Waals surface area contributed by atoms with Crippen molar-refractivity contribution in [3.05, 3.63) is 112 Å². The van der Waals surface area contributed by atoms with Crippen molar-refractivity contribution < 1.29 is 28.5 Å². The first kappa shape index (κ1) is 35.0. The maximum Gasteiger partial charge on any atom is 0.338 e. The van der Waals surface area contributed by atoms with E-state index < -0.39 is 17.9 Å². The summed E-state index contributed by atoms with van der Waals surface area (Å²) in [5.41, 5.74) is 6.56. The van der Waals surface area contributed by atoms with E-state index in [0.717, 1.165) is 11.1 Å². The van der Waals surface area contributed by atoms with Gasteiger partial charge in [0.1, 0.15) is 12.4 Å². The van der Waals surface area contributed by atoms with Crippen LogP contribution in [0.5, 0.6) is 17.2 Å². The molecule has 0 spiro atoms. The molecule has 4 rings (SSSR count). The number of benzene rings is 3. The van der Waals surface area contributed by atoms with Gasteiger partial charge in [0.05, 0.1) is 31.0 Å². The van der Waals surface area contributed by atoms with Gasteiger partial charge >= 0.3 is 5.97 Å². The number of nitrogens with zero attached hydrogens (tertiary/aromatic N) is 1. The van der Waals surface area contributed by atoms with Gasteiger partial charge in [-0.2, -0.15) is 5.10 Å². The lowest BCUT2D eigenvalue weighted by atomic mass is 9.95. The van der Waals surface area contributed by atoms with Gasteiger partial charge in [-0.15, -0.1) is 6.58 Å². The Morgan fingerprint density at radius 3 is 2.53 bits per heavy atom. The van der Waals surface area contributed by atoms with E-state index >= 15 is 0 Å². The minimum atomic E-state index is -0.637. The first-order chi connectivity index (χ1) is 22.7. The number of hydrogen-bond donors (Lipinski definition) is 3. The zero-order valence-corrected chi connectivity index (χ0v) is 28.0. The number of para-hydroxylation sites is 1. The van der Waals surface area contributed by atoms with Crippen LogP contribution in [0.25, 0.3) is 0 Å². The van der Waals surface area contributed by atoms with Crippen LogP contribution in [-0.4, -0.2) is 43.0 Å². The van der Waals surface area contributed by atoms with Crippen molar-refractivity contribution in [2.24, 2.45) is 5.10 Å². The van der Waals surface area contributed by atoms with Crippen molar-refractivity contribution in [1.82, 2.24) is 16.1 Å². The molecule has 1 aliphatic heterocycles. The number of amides is 1. The van der Waals surface area contributed by atoms with Gasteiger partial charge in [-0.25, -0.2) is 10.2 Å². The van der Waals surface area contributed by atoms with Crippen LogP contribution in [0.3, 0.4) is 0 Å². The fourth-order valence-corrected chi connectivity index (χ4v) is 5.24. The van der Waals surface area contributed by atoms with Gasteiger partial charge in [0.25, 0.3) is 5.91 Å². The number of hydrogen-bond acceptors (Lipinski definition) is 8. The Hall–Kier alpha value is -4.87. The number of carbonyl (C=O) groups excluding carboxylic acids is 2. The van der Waals surface area contributed by atoms with Crippen LogP contribution in [0.15, 0.2) is 89.7 Å². The lowest BCUT2D eigenvalue weighted by molar-refractivity contribution is -0.139. The van der Waals surface area contributed by atoms with Crippen molar-refractivity contribution in [2.75, 3.05) is 19.8 Å². The van der Waals surface area contributed by atoms with Crippen LogP contribution >= 0.6 is 23.8 Å². The molecule has 0 saturated carbocycles. The van der Waals surface area contributed by atoms with Crippen molar-refractivity contribution >= 4 is 47.0 Å². The van der Waals surface area contributed by atoms with Crippen molar-refractivity contribution in [1.29, 1.82) is 0 Å². The monoisotopic (exact) mass is 676 g/mol. The molecule has 3 aromatic carbocycles. The van der Waals surface area contributed by atoms with E-state index in [4.69, 9.17) is 42.8 Å². The molecule has 3 aromatic rings. The molecule has 3 N–H and O–H groups in total. The summed E-state index contributed by atoms with van der Waals surface area (Å²) < 4.78 is 23.2. The number of ether oxygens (including phenoxy) is 4. The lowest BCUT2D eigenvalue weighted by Gasteiger charge is -2.30. The van der Waals surface area contributed by atoms with Gasteiger partial charge in [0, 0.05) is 21.8 Å². The number of esters is 1. The Morgan fingerprint density at radius 1 is 1.04 bits per heavy atom. The highest BCUT2D eigenvalue weighted by atomic mass is 35.5. The van der Waals surface area contributed by atoms with Gasteiger partial charge in [0.15, 0.2) is 23.2 Å². The summed E-state index contributed by atoms with van der Waals surface area (Å²) in [5, 5.41) is 11.2. The summed E-state index contributed by atoms with van der Waals surface area (Å²) in [6, 6.07) is 17.6. The molecule has 0 aliphatic carbocycles. The smallest absolute Gasteiger partial charge is 0.338 e. The third-order valence-electron chi connectivity index (χ3n) is 6.87. The predicted molar refractivity (Wildman–Crippen MR) is 186 cm³/mol. The molecule has 1 aliphatic rings. The Labute approximate surface area is 284 Å². The second kappa shape index (κ2) is 17.2. The van der Waals surface area contributed by atoms with Crippen LogP contribution in [0.1, 0.15) is 49.1 Å². The molecular weight excluding hydrogens is 640 g/mol. The van der Waals surface area contributed by atoms with Gasteiger partial charge in [-0.3, -0.25) is 4.79 Å². The zero-order valence-electron chi connectivity index (χ0n) is 26.4. The predicted octanol–water partition coefficient (Wildman–Crippen LogP) is 5.93. The SMILES string of the molecule is C=CCc1cc(C=NNC(=O)COc2ccccc2[C@H]2NC(=S)NC(C)=C2C(=O)OCC)cc(OCC)c1OCc1ccc(Cl)cc1. The zero-order chi connectivity index (χ0) is 33.8. The molecule has 47 heavy (non-hydrogen) atoms. The highest BCUT2D eigenvalue weighted by molar-refractivity contribution is 7.80. The topological polar surface area (TPSA) is 120 Å². The largest absolute Gasteiger partial charge is 0.490 e. The number of allylic oxidation sites excluding steroid dienone is 2. The maximum atomic E-state index is 12.8. The van der Waals surface area contributed by atoms with E-state index in [1.54, 1.807) is 44.2 Å².